The summed E-state index contributed by atoms with van der Waals surface area (Å²) < 4.78 is 14.5. The Hall–Kier alpha value is -2.37. The van der Waals surface area contributed by atoms with E-state index in [4.69, 9.17) is 5.73 Å². The summed E-state index contributed by atoms with van der Waals surface area (Å²) >= 11 is 0. The van der Waals surface area contributed by atoms with Gasteiger partial charge in [-0.3, -0.25) is 9.48 Å². The Morgan fingerprint density at radius 3 is 2.84 bits per heavy atom. The average Bonchev–Trinajstić information content (AvgIpc) is 2.67. The minimum Gasteiger partial charge on any atom is -0.384 e. The van der Waals surface area contributed by atoms with E-state index in [9.17, 15) is 9.18 Å². The Morgan fingerprint density at radius 1 is 1.53 bits per heavy atom. The largest absolute Gasteiger partial charge is 0.384 e. The van der Waals surface area contributed by atoms with Crippen molar-refractivity contribution in [2.45, 2.75) is 13.5 Å². The highest BCUT2D eigenvalue weighted by molar-refractivity contribution is 5.95. The van der Waals surface area contributed by atoms with E-state index in [-0.39, 0.29) is 18.3 Å². The minimum atomic E-state index is -0.356. The Kier molecular flexibility index (Phi) is 3.50. The molecule has 5 nitrogen and oxygen atoms in total. The molecule has 0 aliphatic rings. The zero-order chi connectivity index (χ0) is 14.0. The zero-order valence-corrected chi connectivity index (χ0v) is 10.8. The number of aromatic nitrogens is 2. The van der Waals surface area contributed by atoms with E-state index >= 15 is 0 Å². The number of anilines is 1. The maximum Gasteiger partial charge on any atom is 0.251 e. The van der Waals surface area contributed by atoms with Crippen LogP contribution in [0.2, 0.25) is 0 Å². The molecule has 0 unspecified atom stereocenters. The lowest BCUT2D eigenvalue weighted by atomic mass is 10.1. The number of nitrogens with one attached hydrogen (secondary N) is 1. The predicted molar refractivity (Wildman–Crippen MR) is 69.9 cm³/mol. The maximum absolute atomic E-state index is 13.0. The third-order valence-corrected chi connectivity index (χ3v) is 2.94. The Morgan fingerprint density at radius 2 is 2.26 bits per heavy atom. The first-order chi connectivity index (χ1) is 8.99. The molecule has 0 bridgehead atoms. The smallest absolute Gasteiger partial charge is 0.251 e. The van der Waals surface area contributed by atoms with E-state index in [2.05, 4.69) is 10.4 Å². The van der Waals surface area contributed by atoms with E-state index in [0.29, 0.717) is 16.9 Å². The molecule has 19 heavy (non-hydrogen) atoms. The highest BCUT2D eigenvalue weighted by Gasteiger charge is 2.11. The van der Waals surface area contributed by atoms with Crippen molar-refractivity contribution in [2.75, 3.05) is 5.73 Å². The molecule has 0 fully saturated rings. The van der Waals surface area contributed by atoms with Gasteiger partial charge in [-0.05, 0) is 30.7 Å². The molecule has 100 valence electrons. The fourth-order valence-corrected chi connectivity index (χ4v) is 1.78. The van der Waals surface area contributed by atoms with Crippen molar-refractivity contribution < 1.29 is 9.18 Å². The molecule has 2 rings (SSSR count). The lowest BCUT2D eigenvalue weighted by molar-refractivity contribution is 0.0950. The predicted octanol–water partition coefficient (Wildman–Crippen LogP) is 1.38. The van der Waals surface area contributed by atoms with Gasteiger partial charge in [-0.25, -0.2) is 4.39 Å². The van der Waals surface area contributed by atoms with Crippen LogP contribution in [0.25, 0.3) is 0 Å². The summed E-state index contributed by atoms with van der Waals surface area (Å²) in [6.07, 6.45) is 1.60. The number of rotatable bonds is 3. The number of carbonyl (C=O) groups is 1. The second kappa shape index (κ2) is 5.09. The molecule has 0 atom stereocenters. The fourth-order valence-electron chi connectivity index (χ4n) is 1.78. The lowest BCUT2D eigenvalue weighted by Crippen LogP contribution is -2.24. The maximum atomic E-state index is 13.0. The third-order valence-electron chi connectivity index (χ3n) is 2.94. The Labute approximate surface area is 110 Å². The molecule has 1 heterocycles. The standard InChI is InChI=1S/C13H15FN4O/c1-8-5-10(14)3-4-11(8)13(19)16-6-9-7-17-18(2)12(9)15/h3-5,7H,6,15H2,1-2H3,(H,16,19). The van der Waals surface area contributed by atoms with Crippen LogP contribution in [0.4, 0.5) is 10.2 Å². The topological polar surface area (TPSA) is 72.9 Å². The van der Waals surface area contributed by atoms with E-state index < -0.39 is 0 Å². The van der Waals surface area contributed by atoms with Gasteiger partial charge in [0.05, 0.1) is 6.20 Å². The van der Waals surface area contributed by atoms with Crippen molar-refractivity contribution in [3.05, 3.63) is 46.9 Å². The van der Waals surface area contributed by atoms with Crippen molar-refractivity contribution in [1.82, 2.24) is 15.1 Å². The van der Waals surface area contributed by atoms with Gasteiger partial charge in [0, 0.05) is 24.7 Å². The molecular formula is C13H15FN4O. The molecule has 0 saturated carbocycles. The number of amides is 1. The molecule has 0 spiro atoms. The van der Waals surface area contributed by atoms with Gasteiger partial charge in [0.2, 0.25) is 0 Å². The molecule has 3 N–H and O–H groups in total. The summed E-state index contributed by atoms with van der Waals surface area (Å²) in [5.74, 6) is -0.109. The highest BCUT2D eigenvalue weighted by Crippen LogP contribution is 2.12. The molecular weight excluding hydrogens is 247 g/mol. The molecule has 1 amide bonds. The number of benzene rings is 1. The summed E-state index contributed by atoms with van der Waals surface area (Å²) in [6, 6.07) is 4.06. The fraction of sp³-hybridized carbons (Fsp3) is 0.231. The van der Waals surface area contributed by atoms with Crippen molar-refractivity contribution in [3.8, 4) is 0 Å². The second-order valence-electron chi connectivity index (χ2n) is 4.32. The van der Waals surface area contributed by atoms with Crippen molar-refractivity contribution >= 4 is 11.7 Å². The van der Waals surface area contributed by atoms with Crippen LogP contribution < -0.4 is 11.1 Å². The number of hydrogen-bond donors (Lipinski definition) is 2. The lowest BCUT2D eigenvalue weighted by Gasteiger charge is -2.07. The normalized spacial score (nSPS) is 10.5. The minimum absolute atomic E-state index is 0.263. The van der Waals surface area contributed by atoms with Crippen LogP contribution in [0, 0.1) is 12.7 Å². The van der Waals surface area contributed by atoms with E-state index in [1.807, 2.05) is 0 Å². The summed E-state index contributed by atoms with van der Waals surface area (Å²) in [4.78, 5) is 12.0. The second-order valence-corrected chi connectivity index (χ2v) is 4.32. The van der Waals surface area contributed by atoms with Crippen LogP contribution >= 0.6 is 0 Å². The summed E-state index contributed by atoms with van der Waals surface area (Å²) in [7, 11) is 1.73. The van der Waals surface area contributed by atoms with E-state index in [1.54, 1.807) is 20.2 Å². The van der Waals surface area contributed by atoms with Gasteiger partial charge in [0.15, 0.2) is 0 Å². The molecule has 6 heteroatoms. The van der Waals surface area contributed by atoms with Gasteiger partial charge in [-0.15, -0.1) is 0 Å². The number of aryl methyl sites for hydroxylation is 2. The molecule has 0 saturated heterocycles. The van der Waals surface area contributed by atoms with E-state index in [0.717, 1.165) is 5.56 Å². The number of nitrogens with two attached hydrogens (primary N) is 1. The van der Waals surface area contributed by atoms with Crippen molar-refractivity contribution in [3.63, 3.8) is 0 Å². The van der Waals surface area contributed by atoms with Crippen molar-refractivity contribution in [1.29, 1.82) is 0 Å². The Bertz CT molecular complexity index is 621. The summed E-state index contributed by atoms with van der Waals surface area (Å²) in [5, 5.41) is 6.72. The Balaban J connectivity index is 2.07. The molecule has 0 aliphatic heterocycles. The SMILES string of the molecule is Cc1cc(F)ccc1C(=O)NCc1cnn(C)c1N. The third kappa shape index (κ3) is 2.73. The van der Waals surface area contributed by atoms with Gasteiger partial charge in [-0.2, -0.15) is 5.10 Å². The first-order valence-electron chi connectivity index (χ1n) is 5.79. The summed E-state index contributed by atoms with van der Waals surface area (Å²) in [5.41, 5.74) is 7.56. The highest BCUT2D eigenvalue weighted by atomic mass is 19.1. The monoisotopic (exact) mass is 262 g/mol. The van der Waals surface area contributed by atoms with Gasteiger partial charge in [0.1, 0.15) is 11.6 Å². The molecule has 1 aromatic carbocycles. The molecule has 0 radical (unpaired) electrons. The number of carbonyl (C=O) groups excluding carboxylic acids is 1. The van der Waals surface area contributed by atoms with Crippen LogP contribution in [0.1, 0.15) is 21.5 Å². The molecule has 2 aromatic rings. The van der Waals surface area contributed by atoms with Crippen LogP contribution in [-0.4, -0.2) is 15.7 Å². The first-order valence-corrected chi connectivity index (χ1v) is 5.79. The van der Waals surface area contributed by atoms with Crippen LogP contribution in [0.3, 0.4) is 0 Å². The molecule has 0 aliphatic carbocycles. The first kappa shape index (κ1) is 13.1. The quantitative estimate of drug-likeness (QED) is 0.877. The van der Waals surface area contributed by atoms with Gasteiger partial charge in [0.25, 0.3) is 5.91 Å². The van der Waals surface area contributed by atoms with Gasteiger partial charge >= 0.3 is 0 Å². The van der Waals surface area contributed by atoms with E-state index in [1.165, 1.54) is 22.9 Å². The van der Waals surface area contributed by atoms with Crippen molar-refractivity contribution in [2.24, 2.45) is 7.05 Å². The molecule has 1 aromatic heterocycles. The number of halogens is 1. The zero-order valence-electron chi connectivity index (χ0n) is 10.8. The van der Waals surface area contributed by atoms with Crippen LogP contribution in [-0.2, 0) is 13.6 Å². The van der Waals surface area contributed by atoms with Gasteiger partial charge < -0.3 is 11.1 Å². The number of nitrogens with zero attached hydrogens (tertiary/aromatic N) is 2. The van der Waals surface area contributed by atoms with Crippen LogP contribution in [0.15, 0.2) is 24.4 Å². The number of hydrogen-bond acceptors (Lipinski definition) is 3. The average molecular weight is 262 g/mol. The van der Waals surface area contributed by atoms with Crippen LogP contribution in [0.5, 0.6) is 0 Å². The summed E-state index contributed by atoms with van der Waals surface area (Å²) in [6.45, 7) is 1.98. The van der Waals surface area contributed by atoms with Gasteiger partial charge in [-0.1, -0.05) is 0 Å². The number of nitrogen functional groups attached to an aromatic ring is 1.